The molecular formula is C61H37BN2O2S. The summed E-state index contributed by atoms with van der Waals surface area (Å²) in [7, 11) is 0. The van der Waals surface area contributed by atoms with Crippen molar-refractivity contribution in [2.24, 2.45) is 0 Å². The van der Waals surface area contributed by atoms with Crippen molar-refractivity contribution in [2.45, 2.75) is 6.92 Å². The largest absolute Gasteiger partial charge is 0.458 e. The predicted octanol–water partition coefficient (Wildman–Crippen LogP) is 14.6. The number of aryl methyl sites for hydroxylation is 1. The fraction of sp³-hybridized carbons (Fsp3) is 0.0164. The van der Waals surface area contributed by atoms with Crippen molar-refractivity contribution in [2.75, 3.05) is 0 Å². The van der Waals surface area contributed by atoms with Gasteiger partial charge in [-0.05, 0) is 94.2 Å². The van der Waals surface area contributed by atoms with Gasteiger partial charge in [-0.15, -0.1) is 11.3 Å². The van der Waals surface area contributed by atoms with Crippen LogP contribution in [0, 0.1) is 6.92 Å². The molecule has 0 radical (unpaired) electrons. The van der Waals surface area contributed by atoms with Crippen LogP contribution in [0.25, 0.3) is 97.4 Å². The van der Waals surface area contributed by atoms with Crippen molar-refractivity contribution >= 4 is 98.2 Å². The summed E-state index contributed by atoms with van der Waals surface area (Å²) < 4.78 is 21.7. The summed E-state index contributed by atoms with van der Waals surface area (Å²) >= 11 is 1.89. The first-order chi connectivity index (χ1) is 33.1. The van der Waals surface area contributed by atoms with Crippen molar-refractivity contribution in [1.82, 2.24) is 9.13 Å². The van der Waals surface area contributed by atoms with Crippen molar-refractivity contribution < 1.29 is 9.47 Å². The van der Waals surface area contributed by atoms with E-state index < -0.39 is 0 Å². The molecule has 0 spiro atoms. The van der Waals surface area contributed by atoms with E-state index in [2.05, 4.69) is 222 Å². The SMILES string of the molecule is Cc1cc2c3ccccc3n(-c3ccc4c(c3)Oc3cc(-n5c6ccccc6c6ccccc65)cc5c3B4c3ccc(-c4ccccc4)cc3O5)c2c2sc3ccc(-c4ccccc4)cc3c12. The van der Waals surface area contributed by atoms with E-state index in [1.54, 1.807) is 0 Å². The van der Waals surface area contributed by atoms with E-state index in [-0.39, 0.29) is 6.71 Å². The van der Waals surface area contributed by atoms with Gasteiger partial charge >= 0.3 is 0 Å². The van der Waals surface area contributed by atoms with Gasteiger partial charge in [0.05, 0.1) is 32.5 Å². The molecule has 15 rings (SSSR count). The molecule has 2 aliphatic heterocycles. The smallest absolute Gasteiger partial charge is 0.260 e. The van der Waals surface area contributed by atoms with Gasteiger partial charge in [0.2, 0.25) is 0 Å². The Morgan fingerprint density at radius 2 is 0.925 bits per heavy atom. The van der Waals surface area contributed by atoms with Crippen LogP contribution in [0.5, 0.6) is 23.0 Å². The summed E-state index contributed by atoms with van der Waals surface area (Å²) in [5.41, 5.74) is 16.1. The van der Waals surface area contributed by atoms with Gasteiger partial charge in [0.15, 0.2) is 0 Å². The van der Waals surface area contributed by atoms with Gasteiger partial charge in [0.25, 0.3) is 6.71 Å². The highest BCUT2D eigenvalue weighted by molar-refractivity contribution is 7.26. The Bertz CT molecular complexity index is 4190. The molecule has 0 N–H and O–H groups in total. The number of benzene rings is 10. The van der Waals surface area contributed by atoms with Crippen LogP contribution in [0.4, 0.5) is 0 Å². The molecule has 0 amide bonds. The fourth-order valence-corrected chi connectivity index (χ4v) is 12.7. The Kier molecular flexibility index (Phi) is 7.64. The summed E-state index contributed by atoms with van der Waals surface area (Å²) in [5.74, 6) is 3.33. The normalized spacial score (nSPS) is 12.8. The van der Waals surface area contributed by atoms with E-state index in [1.165, 1.54) is 69.4 Å². The average Bonchev–Trinajstić information content (AvgIpc) is 4.04. The van der Waals surface area contributed by atoms with E-state index in [4.69, 9.17) is 9.47 Å². The standard InChI is InChI=1S/C61H37BN2O2S/c1-36-30-46-45-20-10-13-23-52(45)64(60(46)61-58(36)47-31-39(25-29-57(47)67-61)37-14-4-2-5-15-37)41-26-28-49-54(33-41)66-56-35-42(63-50-21-11-8-18-43(50)44-19-9-12-22-51(44)63)34-55-59(56)62(49)48-27-24-40(32-53(48)65-55)38-16-6-3-7-17-38/h2-35H,1H3. The minimum atomic E-state index is -0.0995. The summed E-state index contributed by atoms with van der Waals surface area (Å²) in [5, 5.41) is 7.53. The number of rotatable bonds is 4. The van der Waals surface area contributed by atoms with Crippen LogP contribution in [0.1, 0.15) is 5.56 Å². The molecule has 0 fully saturated rings. The van der Waals surface area contributed by atoms with Gasteiger partial charge in [0, 0.05) is 66.4 Å². The molecule has 10 aromatic carbocycles. The third-order valence-corrected chi connectivity index (χ3v) is 15.5. The molecule has 312 valence electrons. The van der Waals surface area contributed by atoms with Crippen LogP contribution in [0.2, 0.25) is 0 Å². The van der Waals surface area contributed by atoms with E-state index in [0.717, 1.165) is 72.9 Å². The molecule has 13 aromatic rings. The Morgan fingerprint density at radius 1 is 0.403 bits per heavy atom. The number of aromatic nitrogens is 2. The maximum atomic E-state index is 7.26. The zero-order valence-electron chi connectivity index (χ0n) is 36.3. The van der Waals surface area contributed by atoms with Crippen molar-refractivity contribution in [1.29, 1.82) is 0 Å². The van der Waals surface area contributed by atoms with Gasteiger partial charge in [-0.25, -0.2) is 0 Å². The zero-order valence-corrected chi connectivity index (χ0v) is 37.1. The van der Waals surface area contributed by atoms with Crippen molar-refractivity contribution in [3.8, 4) is 56.6 Å². The summed E-state index contributed by atoms with van der Waals surface area (Å²) in [6, 6.07) is 74.8. The number of fused-ring (bicyclic) bond motifs is 14. The van der Waals surface area contributed by atoms with Crippen LogP contribution in [0.3, 0.4) is 0 Å². The predicted molar refractivity (Wildman–Crippen MR) is 281 cm³/mol. The van der Waals surface area contributed by atoms with Crippen molar-refractivity contribution in [3.63, 3.8) is 0 Å². The second-order valence-corrected chi connectivity index (χ2v) is 19.1. The Morgan fingerprint density at radius 3 is 1.58 bits per heavy atom. The lowest BCUT2D eigenvalue weighted by atomic mass is 9.35. The lowest BCUT2D eigenvalue weighted by Gasteiger charge is -2.34. The minimum absolute atomic E-state index is 0.0995. The van der Waals surface area contributed by atoms with Crippen LogP contribution in [-0.2, 0) is 0 Å². The van der Waals surface area contributed by atoms with E-state index in [9.17, 15) is 0 Å². The van der Waals surface area contributed by atoms with Crippen LogP contribution >= 0.6 is 11.3 Å². The summed E-state index contributed by atoms with van der Waals surface area (Å²) in [6.45, 7) is 2.17. The lowest BCUT2D eigenvalue weighted by molar-refractivity contribution is 0.464. The van der Waals surface area contributed by atoms with Gasteiger partial charge < -0.3 is 18.6 Å². The van der Waals surface area contributed by atoms with E-state index >= 15 is 0 Å². The molecule has 4 nitrogen and oxygen atoms in total. The quantitative estimate of drug-likeness (QED) is 0.165. The Hall–Kier alpha value is -8.32. The van der Waals surface area contributed by atoms with Crippen LogP contribution in [-0.4, -0.2) is 15.8 Å². The highest BCUT2D eigenvalue weighted by Gasteiger charge is 2.41. The van der Waals surface area contributed by atoms with Gasteiger partial charge in [-0.2, -0.15) is 0 Å². The first kappa shape index (κ1) is 37.0. The topological polar surface area (TPSA) is 28.3 Å². The van der Waals surface area contributed by atoms with E-state index in [0.29, 0.717) is 0 Å². The molecule has 2 aliphatic rings. The molecule has 0 unspecified atom stereocenters. The molecule has 0 aliphatic carbocycles. The first-order valence-corrected chi connectivity index (χ1v) is 23.7. The maximum Gasteiger partial charge on any atom is 0.260 e. The lowest BCUT2D eigenvalue weighted by Crippen LogP contribution is -2.57. The van der Waals surface area contributed by atoms with Crippen molar-refractivity contribution in [3.05, 3.63) is 212 Å². The average molecular weight is 873 g/mol. The molecule has 6 heteroatoms. The zero-order chi connectivity index (χ0) is 43.9. The molecule has 5 heterocycles. The van der Waals surface area contributed by atoms with E-state index in [1.807, 2.05) is 11.3 Å². The third kappa shape index (κ3) is 5.30. The first-order valence-electron chi connectivity index (χ1n) is 22.9. The second kappa shape index (κ2) is 13.8. The molecule has 0 atom stereocenters. The molecule has 0 bridgehead atoms. The fourth-order valence-electron chi connectivity index (χ4n) is 11.4. The number of hydrogen-bond donors (Lipinski definition) is 0. The highest BCUT2D eigenvalue weighted by Crippen LogP contribution is 2.47. The number of hydrogen-bond acceptors (Lipinski definition) is 3. The molecule has 3 aromatic heterocycles. The number of ether oxygens (including phenoxy) is 2. The number of thiophene rings is 1. The summed E-state index contributed by atoms with van der Waals surface area (Å²) in [4.78, 5) is 0. The molecule has 0 saturated heterocycles. The molecule has 67 heavy (non-hydrogen) atoms. The minimum Gasteiger partial charge on any atom is -0.458 e. The molecule has 0 saturated carbocycles. The Labute approximate surface area is 390 Å². The van der Waals surface area contributed by atoms with Gasteiger partial charge in [-0.1, -0.05) is 140 Å². The van der Waals surface area contributed by atoms with Gasteiger partial charge in [-0.3, -0.25) is 0 Å². The maximum absolute atomic E-state index is 7.26. The van der Waals surface area contributed by atoms with Crippen LogP contribution in [0.15, 0.2) is 206 Å². The second-order valence-electron chi connectivity index (χ2n) is 18.0. The third-order valence-electron chi connectivity index (χ3n) is 14.3. The van der Waals surface area contributed by atoms with Gasteiger partial charge in [0.1, 0.15) is 23.0 Å². The number of para-hydroxylation sites is 3. The van der Waals surface area contributed by atoms with Crippen LogP contribution < -0.4 is 25.9 Å². The number of nitrogens with zero attached hydrogens (tertiary/aromatic N) is 2. The monoisotopic (exact) mass is 872 g/mol. The highest BCUT2D eigenvalue weighted by atomic mass is 32.1. The summed E-state index contributed by atoms with van der Waals surface area (Å²) in [6.07, 6.45) is 0. The molecular weight excluding hydrogens is 836 g/mol. The Balaban J connectivity index is 0.963.